The van der Waals surface area contributed by atoms with E-state index in [1.54, 1.807) is 25.1 Å². The Bertz CT molecular complexity index is 849. The Labute approximate surface area is 138 Å². The van der Waals surface area contributed by atoms with Crippen molar-refractivity contribution in [1.29, 1.82) is 0 Å². The molecule has 0 radical (unpaired) electrons. The molecule has 0 spiro atoms. The fourth-order valence-electron chi connectivity index (χ4n) is 2.69. The summed E-state index contributed by atoms with van der Waals surface area (Å²) < 4.78 is 5.27. The number of rotatable bonds is 4. The van der Waals surface area contributed by atoms with Gasteiger partial charge in [-0.25, -0.2) is 4.79 Å². The lowest BCUT2D eigenvalue weighted by Gasteiger charge is -2.19. The summed E-state index contributed by atoms with van der Waals surface area (Å²) in [5.74, 6) is -0.925. The van der Waals surface area contributed by atoms with E-state index in [4.69, 9.17) is 4.74 Å². The molecule has 0 aliphatic heterocycles. The average Bonchev–Trinajstić information content (AvgIpc) is 2.94. The standard InChI is InChI=1S/C17H19N3O4/c1-10(24-16(22)11-5-3-2-4-6-11)15(21)18-12-7-8-13-14(9-12)20-17(23)19-13/h2-3,7-11H,4-6H2,1H3,(H,18,21)(H2,19,20,23)/t10-,11-/m1/s1. The molecule has 0 fully saturated rings. The number of hydrogen-bond donors (Lipinski definition) is 3. The minimum atomic E-state index is -0.885. The zero-order valence-corrected chi connectivity index (χ0v) is 13.3. The van der Waals surface area contributed by atoms with Crippen LogP contribution in [0.5, 0.6) is 0 Å². The van der Waals surface area contributed by atoms with E-state index in [1.807, 2.05) is 12.2 Å². The summed E-state index contributed by atoms with van der Waals surface area (Å²) in [5.41, 5.74) is 1.46. The van der Waals surface area contributed by atoms with E-state index < -0.39 is 12.0 Å². The van der Waals surface area contributed by atoms with E-state index in [9.17, 15) is 14.4 Å². The molecule has 0 saturated carbocycles. The van der Waals surface area contributed by atoms with Crippen LogP contribution in [0.1, 0.15) is 26.2 Å². The third-order valence-electron chi connectivity index (χ3n) is 4.05. The van der Waals surface area contributed by atoms with Gasteiger partial charge < -0.3 is 20.0 Å². The molecule has 3 rings (SSSR count). The molecule has 2 atom stereocenters. The lowest BCUT2D eigenvalue weighted by Crippen LogP contribution is -2.32. The Hall–Kier alpha value is -2.83. The first kappa shape index (κ1) is 16.0. The number of ether oxygens (including phenoxy) is 1. The van der Waals surface area contributed by atoms with Gasteiger partial charge in [0.15, 0.2) is 6.10 Å². The van der Waals surface area contributed by atoms with Crippen molar-refractivity contribution < 1.29 is 14.3 Å². The van der Waals surface area contributed by atoms with Gasteiger partial charge in [-0.3, -0.25) is 9.59 Å². The highest BCUT2D eigenvalue weighted by Crippen LogP contribution is 2.20. The van der Waals surface area contributed by atoms with Crippen molar-refractivity contribution in [2.75, 3.05) is 5.32 Å². The van der Waals surface area contributed by atoms with Crippen molar-refractivity contribution in [2.45, 2.75) is 32.3 Å². The number of allylic oxidation sites excluding steroid dienone is 2. The molecular formula is C17H19N3O4. The van der Waals surface area contributed by atoms with Gasteiger partial charge in [-0.05, 0) is 44.4 Å². The highest BCUT2D eigenvalue weighted by molar-refractivity contribution is 5.96. The maximum Gasteiger partial charge on any atom is 0.323 e. The molecule has 1 aromatic carbocycles. The van der Waals surface area contributed by atoms with Gasteiger partial charge in [-0.15, -0.1) is 0 Å². The van der Waals surface area contributed by atoms with Gasteiger partial charge in [0.25, 0.3) is 5.91 Å². The number of hydrogen-bond acceptors (Lipinski definition) is 4. The lowest BCUT2D eigenvalue weighted by molar-refractivity contribution is -0.157. The van der Waals surface area contributed by atoms with Gasteiger partial charge in [0, 0.05) is 5.69 Å². The maximum atomic E-state index is 12.2. The van der Waals surface area contributed by atoms with Gasteiger partial charge in [-0.2, -0.15) is 0 Å². The first-order valence-electron chi connectivity index (χ1n) is 7.91. The Balaban J connectivity index is 1.61. The molecule has 0 unspecified atom stereocenters. The molecule has 7 nitrogen and oxygen atoms in total. The Morgan fingerprint density at radius 3 is 2.79 bits per heavy atom. The third kappa shape index (κ3) is 3.56. The first-order chi connectivity index (χ1) is 11.5. The van der Waals surface area contributed by atoms with Gasteiger partial charge in [0.1, 0.15) is 0 Å². The van der Waals surface area contributed by atoms with E-state index in [-0.39, 0.29) is 17.6 Å². The van der Waals surface area contributed by atoms with Crippen LogP contribution in [0.25, 0.3) is 11.0 Å². The van der Waals surface area contributed by atoms with Crippen LogP contribution >= 0.6 is 0 Å². The highest BCUT2D eigenvalue weighted by atomic mass is 16.5. The molecule has 7 heteroatoms. The second-order valence-corrected chi connectivity index (χ2v) is 5.89. The number of imidazole rings is 1. The summed E-state index contributed by atoms with van der Waals surface area (Å²) in [6, 6.07) is 5.00. The molecule has 2 aromatic rings. The molecule has 0 saturated heterocycles. The Morgan fingerprint density at radius 2 is 2.04 bits per heavy atom. The van der Waals surface area contributed by atoms with Gasteiger partial charge in [-0.1, -0.05) is 12.2 Å². The van der Waals surface area contributed by atoms with Crippen LogP contribution in [0.4, 0.5) is 5.69 Å². The smallest absolute Gasteiger partial charge is 0.323 e. The Morgan fingerprint density at radius 1 is 1.25 bits per heavy atom. The first-order valence-corrected chi connectivity index (χ1v) is 7.91. The number of anilines is 1. The number of amides is 1. The fraction of sp³-hybridized carbons (Fsp3) is 0.353. The summed E-state index contributed by atoms with van der Waals surface area (Å²) in [5, 5.41) is 2.69. The molecule has 0 bridgehead atoms. The summed E-state index contributed by atoms with van der Waals surface area (Å²) in [6.07, 6.45) is 5.39. The molecule has 1 aliphatic carbocycles. The number of aromatic amines is 2. The molecular weight excluding hydrogens is 310 g/mol. The normalized spacial score (nSPS) is 18.3. The molecule has 3 N–H and O–H groups in total. The molecule has 126 valence electrons. The topological polar surface area (TPSA) is 104 Å². The van der Waals surface area contributed by atoms with Gasteiger partial charge in [0.2, 0.25) is 0 Å². The number of carbonyl (C=O) groups is 2. The molecule has 24 heavy (non-hydrogen) atoms. The molecule has 1 heterocycles. The summed E-state index contributed by atoms with van der Waals surface area (Å²) in [6.45, 7) is 1.54. The van der Waals surface area contributed by atoms with E-state index in [0.717, 1.165) is 12.8 Å². The van der Waals surface area contributed by atoms with E-state index in [2.05, 4.69) is 15.3 Å². The van der Waals surface area contributed by atoms with Crippen molar-refractivity contribution in [3.05, 3.63) is 40.8 Å². The van der Waals surface area contributed by atoms with Crippen molar-refractivity contribution in [2.24, 2.45) is 5.92 Å². The van der Waals surface area contributed by atoms with Crippen LogP contribution in [0.2, 0.25) is 0 Å². The predicted molar refractivity (Wildman–Crippen MR) is 89.6 cm³/mol. The minimum absolute atomic E-state index is 0.175. The maximum absolute atomic E-state index is 12.2. The van der Waals surface area contributed by atoms with Crippen LogP contribution in [-0.4, -0.2) is 27.9 Å². The minimum Gasteiger partial charge on any atom is -0.452 e. The summed E-state index contributed by atoms with van der Waals surface area (Å²) >= 11 is 0. The number of fused-ring (bicyclic) bond motifs is 1. The van der Waals surface area contributed by atoms with Crippen LogP contribution in [0.15, 0.2) is 35.1 Å². The van der Waals surface area contributed by atoms with Crippen LogP contribution in [0.3, 0.4) is 0 Å². The molecule has 1 aliphatic rings. The Kier molecular flexibility index (Phi) is 4.50. The van der Waals surface area contributed by atoms with Crippen molar-refractivity contribution >= 4 is 28.6 Å². The molecule has 1 aromatic heterocycles. The number of esters is 1. The van der Waals surface area contributed by atoms with E-state index >= 15 is 0 Å². The quantitative estimate of drug-likeness (QED) is 0.590. The number of benzene rings is 1. The highest BCUT2D eigenvalue weighted by Gasteiger charge is 2.25. The van der Waals surface area contributed by atoms with Crippen LogP contribution in [0, 0.1) is 5.92 Å². The van der Waals surface area contributed by atoms with Crippen molar-refractivity contribution in [3.8, 4) is 0 Å². The van der Waals surface area contributed by atoms with Crippen molar-refractivity contribution in [1.82, 2.24) is 9.97 Å². The number of nitrogens with one attached hydrogen (secondary N) is 3. The second kappa shape index (κ2) is 6.74. The molecule has 1 amide bonds. The van der Waals surface area contributed by atoms with E-state index in [0.29, 0.717) is 23.1 Å². The second-order valence-electron chi connectivity index (χ2n) is 5.89. The largest absolute Gasteiger partial charge is 0.452 e. The van der Waals surface area contributed by atoms with Crippen LogP contribution < -0.4 is 11.0 Å². The average molecular weight is 329 g/mol. The predicted octanol–water partition coefficient (Wildman–Crippen LogP) is 2.08. The van der Waals surface area contributed by atoms with Gasteiger partial charge in [0.05, 0.1) is 17.0 Å². The summed E-state index contributed by atoms with van der Waals surface area (Å²) in [4.78, 5) is 40.7. The zero-order valence-electron chi connectivity index (χ0n) is 13.3. The number of carbonyl (C=O) groups excluding carboxylic acids is 2. The number of aromatic nitrogens is 2. The van der Waals surface area contributed by atoms with Gasteiger partial charge >= 0.3 is 11.7 Å². The lowest BCUT2D eigenvalue weighted by atomic mass is 9.95. The fourth-order valence-corrected chi connectivity index (χ4v) is 2.69. The zero-order chi connectivity index (χ0) is 17.1. The van der Waals surface area contributed by atoms with Crippen LogP contribution in [-0.2, 0) is 14.3 Å². The number of H-pyrrole nitrogens is 2. The monoisotopic (exact) mass is 329 g/mol. The SMILES string of the molecule is C[C@@H](OC(=O)[C@@H]1CC=CCC1)C(=O)Nc1ccc2[nH]c(=O)[nH]c2c1. The third-order valence-corrected chi connectivity index (χ3v) is 4.05. The summed E-state index contributed by atoms with van der Waals surface area (Å²) in [7, 11) is 0. The van der Waals surface area contributed by atoms with Crippen molar-refractivity contribution in [3.63, 3.8) is 0 Å². The van der Waals surface area contributed by atoms with E-state index in [1.165, 1.54) is 0 Å².